The normalized spacial score (nSPS) is 22.7. The fourth-order valence-corrected chi connectivity index (χ4v) is 18.1. The quantitative estimate of drug-likeness (QED) is 0.163. The molecule has 4 heteroatoms. The zero-order valence-electron chi connectivity index (χ0n) is 52.9. The maximum Gasteiger partial charge on any atom is 0.252 e. The minimum atomic E-state index is -0.229. The summed E-state index contributed by atoms with van der Waals surface area (Å²) in [6, 6.07) is 56.9. The van der Waals surface area contributed by atoms with Gasteiger partial charge in [-0.3, -0.25) is 0 Å². The Morgan fingerprint density at radius 1 is 0.398 bits per heavy atom. The van der Waals surface area contributed by atoms with Crippen LogP contribution in [0.25, 0.3) is 11.1 Å². The van der Waals surface area contributed by atoms with Crippen LogP contribution >= 0.6 is 0 Å². The highest BCUT2D eigenvalue weighted by molar-refractivity contribution is 7.00. The standard InChI is InChI=1S/C79H86BN3/c1-47-38-69-71-70(39-47)82(66-45-59-58(40-48(66)2)73(6,7)36-37-74(59,8)9)67-43-51(83-65-33-28-49(72(3,4)5)41-62(65)78(16)34-22-23-35-79(78,83)17)30-32-63(67)80(71)64-44-60-61(77(14,15)56-27-21-20-26-55(56)76(60,12)13)46-68(64)81(69)50-29-31-53-52-24-18-19-25-54(52)75(10,11)57(53)42-50/h18-21,24-33,38-46H,22-23,34-37H2,1-17H3. The van der Waals surface area contributed by atoms with Crippen molar-refractivity contribution in [3.05, 3.63) is 206 Å². The molecule has 0 bridgehead atoms. The van der Waals surface area contributed by atoms with Crippen molar-refractivity contribution in [1.82, 2.24) is 0 Å². The molecule has 2 unspecified atom stereocenters. The summed E-state index contributed by atoms with van der Waals surface area (Å²) >= 11 is 0. The fourth-order valence-electron chi connectivity index (χ4n) is 18.1. The van der Waals surface area contributed by atoms with Gasteiger partial charge in [-0.2, -0.15) is 0 Å². The van der Waals surface area contributed by atoms with Crippen molar-refractivity contribution < 1.29 is 0 Å². The van der Waals surface area contributed by atoms with Crippen molar-refractivity contribution in [1.29, 1.82) is 0 Å². The molecule has 83 heavy (non-hydrogen) atoms. The van der Waals surface area contributed by atoms with Crippen molar-refractivity contribution in [2.75, 3.05) is 14.7 Å². The number of benzene rings is 8. The second kappa shape index (κ2) is 16.8. The van der Waals surface area contributed by atoms with Crippen LogP contribution in [0.5, 0.6) is 0 Å². The van der Waals surface area contributed by atoms with Crippen LogP contribution in [0.15, 0.2) is 140 Å². The molecule has 7 aliphatic rings. The van der Waals surface area contributed by atoms with E-state index in [1.807, 2.05) is 0 Å². The Labute approximate surface area is 497 Å². The highest BCUT2D eigenvalue weighted by Gasteiger charge is 2.58. The molecule has 2 atom stereocenters. The Hall–Kier alpha value is -6.78. The highest BCUT2D eigenvalue weighted by Crippen LogP contribution is 2.63. The predicted molar refractivity (Wildman–Crippen MR) is 355 cm³/mol. The Bertz CT molecular complexity index is 4160. The number of rotatable bonds is 3. The van der Waals surface area contributed by atoms with E-state index < -0.39 is 0 Å². The molecule has 0 N–H and O–H groups in total. The fraction of sp³-hybridized carbons (Fsp3) is 0.392. The van der Waals surface area contributed by atoms with Crippen LogP contribution in [0.2, 0.25) is 0 Å². The SMILES string of the molecule is Cc1cc2c3c(c1)N(c1cc4c(cc1C)C(C)(C)CCC4(C)C)c1cc(N4c5ccc(C(C)(C)C)cc5C5(C)CCCCC45C)ccc1B3c1cc3c(cc1N2c1ccc2c(c1)C(C)(C)c1ccccc1-2)C(C)(C)c1ccccc1C3(C)C. The molecule has 1 fully saturated rings. The van der Waals surface area contributed by atoms with Crippen LogP contribution in [-0.2, 0) is 37.9 Å². The second-order valence-corrected chi connectivity index (χ2v) is 31.3. The van der Waals surface area contributed by atoms with Gasteiger partial charge >= 0.3 is 0 Å². The molecule has 0 radical (unpaired) electrons. The largest absolute Gasteiger partial charge is 0.334 e. The molecule has 0 amide bonds. The average molecular weight is 1090 g/mol. The van der Waals surface area contributed by atoms with Crippen molar-refractivity contribution in [3.63, 3.8) is 0 Å². The first-order chi connectivity index (χ1) is 39.1. The zero-order chi connectivity index (χ0) is 58.2. The van der Waals surface area contributed by atoms with Crippen LogP contribution in [0, 0.1) is 13.8 Å². The summed E-state index contributed by atoms with van der Waals surface area (Å²) in [5.74, 6) is 0. The predicted octanol–water partition coefficient (Wildman–Crippen LogP) is 19.0. The molecule has 4 aliphatic carbocycles. The Balaban J connectivity index is 1.04. The van der Waals surface area contributed by atoms with E-state index in [1.54, 1.807) is 0 Å². The van der Waals surface area contributed by atoms with Gasteiger partial charge in [0.15, 0.2) is 0 Å². The van der Waals surface area contributed by atoms with Crippen molar-refractivity contribution in [3.8, 4) is 11.1 Å². The summed E-state index contributed by atoms with van der Waals surface area (Å²) in [5, 5.41) is 0. The minimum absolute atomic E-state index is 0.00311. The van der Waals surface area contributed by atoms with E-state index in [0.29, 0.717) is 0 Å². The topological polar surface area (TPSA) is 9.72 Å². The third-order valence-corrected chi connectivity index (χ3v) is 23.4. The molecule has 3 aliphatic heterocycles. The van der Waals surface area contributed by atoms with E-state index in [2.05, 4.69) is 272 Å². The van der Waals surface area contributed by atoms with Gasteiger partial charge in [0.2, 0.25) is 0 Å². The Kier molecular flexibility index (Phi) is 10.7. The lowest BCUT2D eigenvalue weighted by molar-refractivity contribution is 0.195. The monoisotopic (exact) mass is 1090 g/mol. The molecule has 3 heterocycles. The lowest BCUT2D eigenvalue weighted by Crippen LogP contribution is -2.62. The summed E-state index contributed by atoms with van der Waals surface area (Å²) < 4.78 is 0. The summed E-state index contributed by atoms with van der Waals surface area (Å²) in [4.78, 5) is 8.31. The highest BCUT2D eigenvalue weighted by atomic mass is 15.3. The molecule has 420 valence electrons. The third-order valence-electron chi connectivity index (χ3n) is 23.4. The van der Waals surface area contributed by atoms with Crippen LogP contribution < -0.4 is 31.1 Å². The number of anilines is 8. The molecule has 8 aromatic carbocycles. The van der Waals surface area contributed by atoms with Crippen LogP contribution in [0.1, 0.15) is 209 Å². The molecule has 0 saturated heterocycles. The first-order valence-electron chi connectivity index (χ1n) is 31.6. The van der Waals surface area contributed by atoms with Gasteiger partial charge in [-0.1, -0.05) is 195 Å². The number of aryl methyl sites for hydroxylation is 2. The maximum absolute atomic E-state index is 2.83. The number of fused-ring (bicyclic) bond motifs is 13. The van der Waals surface area contributed by atoms with Crippen LogP contribution in [-0.4, -0.2) is 12.3 Å². The summed E-state index contributed by atoms with van der Waals surface area (Å²) in [7, 11) is 0. The second-order valence-electron chi connectivity index (χ2n) is 31.3. The number of hydrogen-bond donors (Lipinski definition) is 0. The van der Waals surface area contributed by atoms with E-state index in [0.717, 1.165) is 12.8 Å². The van der Waals surface area contributed by atoms with E-state index in [9.17, 15) is 0 Å². The summed E-state index contributed by atoms with van der Waals surface area (Å²) in [5.41, 5.74) is 33.8. The van der Waals surface area contributed by atoms with Crippen molar-refractivity contribution in [2.24, 2.45) is 0 Å². The van der Waals surface area contributed by atoms with E-state index in [-0.39, 0.29) is 50.2 Å². The molecule has 3 nitrogen and oxygen atoms in total. The first kappa shape index (κ1) is 53.0. The zero-order valence-corrected chi connectivity index (χ0v) is 52.9. The molecular weight excluding hydrogens is 1000 g/mol. The molecule has 15 rings (SSSR count). The molecule has 0 spiro atoms. The Morgan fingerprint density at radius 3 is 1.65 bits per heavy atom. The van der Waals surface area contributed by atoms with E-state index >= 15 is 0 Å². The summed E-state index contributed by atoms with van der Waals surface area (Å²) in [6.07, 6.45) is 7.20. The number of hydrogen-bond acceptors (Lipinski definition) is 3. The summed E-state index contributed by atoms with van der Waals surface area (Å²) in [6.45, 7) is 41.8. The van der Waals surface area contributed by atoms with Gasteiger partial charge in [-0.05, 0) is 212 Å². The van der Waals surface area contributed by atoms with Gasteiger partial charge in [-0.15, -0.1) is 0 Å². The third kappa shape index (κ3) is 6.93. The molecule has 1 saturated carbocycles. The van der Waals surface area contributed by atoms with Crippen molar-refractivity contribution >= 4 is 68.6 Å². The minimum Gasteiger partial charge on any atom is -0.334 e. The van der Waals surface area contributed by atoms with Gasteiger partial charge in [0.05, 0.1) is 5.54 Å². The average Bonchev–Trinajstić information content (AvgIpc) is 1.62. The molecule has 8 aromatic rings. The Morgan fingerprint density at radius 2 is 0.964 bits per heavy atom. The smallest absolute Gasteiger partial charge is 0.252 e. The van der Waals surface area contributed by atoms with Crippen molar-refractivity contribution in [2.45, 2.75) is 200 Å². The van der Waals surface area contributed by atoms with Gasteiger partial charge in [-0.25, -0.2) is 0 Å². The van der Waals surface area contributed by atoms with Gasteiger partial charge in [0.1, 0.15) is 0 Å². The molecular formula is C79H86BN3. The number of nitrogens with zero attached hydrogens (tertiary/aromatic N) is 3. The van der Waals surface area contributed by atoms with E-state index in [1.165, 1.54) is 165 Å². The maximum atomic E-state index is 2.83. The van der Waals surface area contributed by atoms with Gasteiger partial charge < -0.3 is 14.7 Å². The van der Waals surface area contributed by atoms with Crippen LogP contribution in [0.3, 0.4) is 0 Å². The first-order valence-corrected chi connectivity index (χ1v) is 31.6. The van der Waals surface area contributed by atoms with Crippen LogP contribution in [0.4, 0.5) is 45.5 Å². The van der Waals surface area contributed by atoms with Gasteiger partial charge in [0.25, 0.3) is 6.71 Å². The van der Waals surface area contributed by atoms with Gasteiger partial charge in [0, 0.05) is 67.2 Å². The lowest BCUT2D eigenvalue weighted by atomic mass is 9.33. The lowest BCUT2D eigenvalue weighted by Gasteiger charge is -2.51. The molecule has 0 aromatic heterocycles. The van der Waals surface area contributed by atoms with E-state index in [4.69, 9.17) is 0 Å².